The lowest BCUT2D eigenvalue weighted by Crippen LogP contribution is -2.27. The summed E-state index contributed by atoms with van der Waals surface area (Å²) in [7, 11) is 0. The van der Waals surface area contributed by atoms with Crippen molar-refractivity contribution in [2.75, 3.05) is 6.54 Å². The fourth-order valence-corrected chi connectivity index (χ4v) is 3.73. The number of hydrogen-bond acceptors (Lipinski definition) is 5. The molecule has 1 amide bonds. The lowest BCUT2D eigenvalue weighted by atomic mass is 10.2. The Morgan fingerprint density at radius 2 is 2.18 bits per heavy atom. The highest BCUT2D eigenvalue weighted by molar-refractivity contribution is 7.15. The zero-order valence-corrected chi connectivity index (χ0v) is 15.7. The fraction of sp³-hybridized carbons (Fsp3) is 0.158. The molecule has 0 spiro atoms. The second-order valence-corrected chi connectivity index (χ2v) is 7.09. The third kappa shape index (κ3) is 3.70. The van der Waals surface area contributed by atoms with Gasteiger partial charge in [-0.15, -0.1) is 11.3 Å². The van der Waals surface area contributed by atoms with E-state index in [-0.39, 0.29) is 17.3 Å². The second-order valence-electron chi connectivity index (χ2n) is 6.25. The van der Waals surface area contributed by atoms with Gasteiger partial charge in [-0.1, -0.05) is 12.1 Å². The van der Waals surface area contributed by atoms with Gasteiger partial charge in [0.2, 0.25) is 0 Å². The molecule has 4 rings (SSSR count). The molecule has 3 aromatic heterocycles. The number of aryl methyl sites for hydroxylation is 1. The van der Waals surface area contributed by atoms with Gasteiger partial charge >= 0.3 is 0 Å². The van der Waals surface area contributed by atoms with E-state index in [9.17, 15) is 14.0 Å². The SMILES string of the molecule is Cc1cc(=O)[nH]c(CCNC(=O)c2csc3nc(-c4cccc(F)c4)cn23)n1. The third-order valence-corrected chi connectivity index (χ3v) is 4.97. The van der Waals surface area contributed by atoms with Gasteiger partial charge in [0, 0.05) is 41.9 Å². The predicted octanol–water partition coefficient (Wildman–Crippen LogP) is 2.57. The van der Waals surface area contributed by atoms with Crippen molar-refractivity contribution in [2.24, 2.45) is 0 Å². The summed E-state index contributed by atoms with van der Waals surface area (Å²) in [6.45, 7) is 2.07. The van der Waals surface area contributed by atoms with Crippen molar-refractivity contribution in [3.05, 3.63) is 75.3 Å². The van der Waals surface area contributed by atoms with E-state index in [0.717, 1.165) is 0 Å². The molecule has 9 heteroatoms. The van der Waals surface area contributed by atoms with Crippen LogP contribution in [0.5, 0.6) is 0 Å². The van der Waals surface area contributed by atoms with Crippen LogP contribution < -0.4 is 10.9 Å². The molecule has 28 heavy (non-hydrogen) atoms. The van der Waals surface area contributed by atoms with Crippen LogP contribution in [0, 0.1) is 12.7 Å². The summed E-state index contributed by atoms with van der Waals surface area (Å²) in [6.07, 6.45) is 2.13. The van der Waals surface area contributed by atoms with E-state index in [1.54, 1.807) is 35.0 Å². The van der Waals surface area contributed by atoms with E-state index in [4.69, 9.17) is 0 Å². The number of thiazole rings is 1. The number of hydrogen-bond donors (Lipinski definition) is 2. The Labute approximate surface area is 162 Å². The number of amides is 1. The monoisotopic (exact) mass is 397 g/mol. The Morgan fingerprint density at radius 3 is 2.96 bits per heavy atom. The highest BCUT2D eigenvalue weighted by atomic mass is 32.1. The number of aromatic amines is 1. The van der Waals surface area contributed by atoms with Crippen molar-refractivity contribution in [3.63, 3.8) is 0 Å². The molecule has 0 aliphatic carbocycles. The quantitative estimate of drug-likeness (QED) is 0.541. The molecule has 4 aromatic rings. The summed E-state index contributed by atoms with van der Waals surface area (Å²) in [5, 5.41) is 4.54. The van der Waals surface area contributed by atoms with E-state index in [2.05, 4.69) is 20.3 Å². The number of nitrogens with zero attached hydrogens (tertiary/aromatic N) is 3. The number of rotatable bonds is 5. The van der Waals surface area contributed by atoms with Crippen LogP contribution in [0.15, 0.2) is 46.7 Å². The van der Waals surface area contributed by atoms with Crippen LogP contribution in [0.3, 0.4) is 0 Å². The van der Waals surface area contributed by atoms with Gasteiger partial charge in [-0.2, -0.15) is 0 Å². The molecule has 142 valence electrons. The highest BCUT2D eigenvalue weighted by Crippen LogP contribution is 2.24. The fourth-order valence-electron chi connectivity index (χ4n) is 2.88. The Morgan fingerprint density at radius 1 is 1.32 bits per heavy atom. The van der Waals surface area contributed by atoms with Crippen LogP contribution in [0.4, 0.5) is 4.39 Å². The Kier molecular flexibility index (Phi) is 4.74. The number of halogens is 1. The molecule has 0 atom stereocenters. The summed E-state index contributed by atoms with van der Waals surface area (Å²) in [5.74, 6) is -0.0733. The van der Waals surface area contributed by atoms with Gasteiger partial charge in [-0.3, -0.25) is 14.0 Å². The number of H-pyrrole nitrogens is 1. The number of benzene rings is 1. The van der Waals surface area contributed by atoms with Crippen molar-refractivity contribution in [2.45, 2.75) is 13.3 Å². The standard InChI is InChI=1S/C19H16FN5O2S/c1-11-7-17(26)24-16(22-11)5-6-21-18(27)15-10-28-19-23-14(9-25(15)19)12-3-2-4-13(20)8-12/h2-4,7-10H,5-6H2,1H3,(H,21,27)(H,22,24,26). The molecule has 0 saturated carbocycles. The molecular weight excluding hydrogens is 381 g/mol. The van der Waals surface area contributed by atoms with Crippen LogP contribution in [0.1, 0.15) is 22.0 Å². The number of fused-ring (bicyclic) bond motifs is 1. The maximum Gasteiger partial charge on any atom is 0.269 e. The molecule has 0 radical (unpaired) electrons. The Balaban J connectivity index is 1.49. The highest BCUT2D eigenvalue weighted by Gasteiger charge is 2.15. The summed E-state index contributed by atoms with van der Waals surface area (Å²) in [5.41, 5.74) is 2.11. The van der Waals surface area contributed by atoms with Gasteiger partial charge in [0.15, 0.2) is 4.96 Å². The van der Waals surface area contributed by atoms with Crippen molar-refractivity contribution < 1.29 is 9.18 Å². The summed E-state index contributed by atoms with van der Waals surface area (Å²) in [4.78, 5) is 36.0. The molecule has 0 bridgehead atoms. The average Bonchev–Trinajstić information content (AvgIpc) is 3.21. The maximum atomic E-state index is 13.4. The average molecular weight is 397 g/mol. The molecule has 0 aliphatic rings. The van der Waals surface area contributed by atoms with Gasteiger partial charge in [0.1, 0.15) is 17.3 Å². The van der Waals surface area contributed by atoms with Crippen molar-refractivity contribution in [1.29, 1.82) is 0 Å². The van der Waals surface area contributed by atoms with E-state index in [1.807, 2.05) is 0 Å². The van der Waals surface area contributed by atoms with Crippen molar-refractivity contribution in [3.8, 4) is 11.3 Å². The van der Waals surface area contributed by atoms with Gasteiger partial charge in [-0.05, 0) is 19.1 Å². The van der Waals surface area contributed by atoms with Crippen LogP contribution in [0.25, 0.3) is 16.2 Å². The van der Waals surface area contributed by atoms with Crippen molar-refractivity contribution in [1.82, 2.24) is 24.7 Å². The number of nitrogens with one attached hydrogen (secondary N) is 2. The van der Waals surface area contributed by atoms with Crippen LogP contribution in [-0.2, 0) is 6.42 Å². The zero-order valence-electron chi connectivity index (χ0n) is 14.9. The first-order chi connectivity index (χ1) is 13.5. The smallest absolute Gasteiger partial charge is 0.269 e. The van der Waals surface area contributed by atoms with E-state index < -0.39 is 0 Å². The van der Waals surface area contributed by atoms with Crippen LogP contribution >= 0.6 is 11.3 Å². The third-order valence-electron chi connectivity index (χ3n) is 4.13. The molecular formula is C19H16FN5O2S. The van der Waals surface area contributed by atoms with Gasteiger partial charge in [0.05, 0.1) is 5.69 Å². The molecule has 1 aromatic carbocycles. The van der Waals surface area contributed by atoms with Gasteiger partial charge in [0.25, 0.3) is 11.5 Å². The molecule has 0 fully saturated rings. The van der Waals surface area contributed by atoms with Crippen LogP contribution in [0.2, 0.25) is 0 Å². The van der Waals surface area contributed by atoms with E-state index >= 15 is 0 Å². The number of carbonyl (C=O) groups is 1. The number of aromatic nitrogens is 4. The first-order valence-corrected chi connectivity index (χ1v) is 9.45. The minimum Gasteiger partial charge on any atom is -0.350 e. The lowest BCUT2D eigenvalue weighted by Gasteiger charge is -2.05. The van der Waals surface area contributed by atoms with E-state index in [1.165, 1.54) is 29.5 Å². The minimum absolute atomic E-state index is 0.211. The molecule has 7 nitrogen and oxygen atoms in total. The summed E-state index contributed by atoms with van der Waals surface area (Å²) >= 11 is 1.33. The lowest BCUT2D eigenvalue weighted by molar-refractivity contribution is 0.0948. The molecule has 0 aliphatic heterocycles. The Bertz CT molecular complexity index is 1230. The second kappa shape index (κ2) is 7.35. The largest absolute Gasteiger partial charge is 0.350 e. The number of imidazole rings is 1. The number of carbonyl (C=O) groups excluding carboxylic acids is 1. The summed E-state index contributed by atoms with van der Waals surface area (Å²) < 4.78 is 15.1. The van der Waals surface area contributed by atoms with Gasteiger partial charge in [-0.25, -0.2) is 14.4 Å². The first kappa shape index (κ1) is 18.1. The molecule has 0 unspecified atom stereocenters. The normalized spacial score (nSPS) is 11.1. The van der Waals surface area contributed by atoms with Crippen LogP contribution in [-0.4, -0.2) is 31.8 Å². The minimum atomic E-state index is -0.338. The molecule has 3 heterocycles. The molecule has 0 saturated heterocycles. The topological polar surface area (TPSA) is 92.1 Å². The van der Waals surface area contributed by atoms with Gasteiger partial charge < -0.3 is 10.3 Å². The zero-order chi connectivity index (χ0) is 19.7. The van der Waals surface area contributed by atoms with E-state index in [0.29, 0.717) is 46.4 Å². The Hall–Kier alpha value is -3.33. The van der Waals surface area contributed by atoms with Crippen molar-refractivity contribution >= 4 is 22.2 Å². The first-order valence-electron chi connectivity index (χ1n) is 8.57. The molecule has 2 N–H and O–H groups in total. The predicted molar refractivity (Wildman–Crippen MR) is 104 cm³/mol. The summed E-state index contributed by atoms with van der Waals surface area (Å²) in [6, 6.07) is 7.58. The maximum absolute atomic E-state index is 13.4.